The molecule has 1 amide bonds. The average Bonchev–Trinajstić information content (AvgIpc) is 3.25. The molecule has 330 valence electrons. The highest BCUT2D eigenvalue weighted by Gasteiger charge is 2.57. The van der Waals surface area contributed by atoms with E-state index in [0.717, 1.165) is 25.1 Å². The molecule has 7 rings (SSSR count). The van der Waals surface area contributed by atoms with Crippen molar-refractivity contribution < 1.29 is 77.9 Å². The number of aliphatic carboxylic acids is 1. The summed E-state index contributed by atoms with van der Waals surface area (Å²) in [6.45, 7) is 0.0445. The zero-order valence-electron chi connectivity index (χ0n) is 33.9. The van der Waals surface area contributed by atoms with E-state index in [1.807, 2.05) is 0 Å². The normalized spacial score (nSPS) is 19.6. The minimum absolute atomic E-state index is 0.0124. The number of phenolic OH excluding ortho intramolecular Hbond substituents is 2. The van der Waals surface area contributed by atoms with Gasteiger partial charge in [-0.2, -0.15) is 0 Å². The van der Waals surface area contributed by atoms with Crippen molar-refractivity contribution in [1.82, 2.24) is 5.32 Å². The number of carbonyl (C=O) groups is 2. The lowest BCUT2D eigenvalue weighted by Crippen LogP contribution is -2.68. The molecule has 0 spiro atoms. The molecule has 8 N–H and O–H groups in total. The van der Waals surface area contributed by atoms with Gasteiger partial charge in [0.15, 0.2) is 16.4 Å². The monoisotopic (exact) mass is 871 g/mol. The Bertz CT molecular complexity index is 2850. The number of ether oxygens (including phenoxy) is 5. The maximum absolute atomic E-state index is 14.0. The Labute approximate surface area is 355 Å². The van der Waals surface area contributed by atoms with Gasteiger partial charge in [0, 0.05) is 53.9 Å². The molecule has 3 heterocycles. The van der Waals surface area contributed by atoms with Crippen LogP contribution >= 0.6 is 0 Å². The Morgan fingerprint density at radius 1 is 0.810 bits per heavy atom. The van der Waals surface area contributed by atoms with E-state index in [9.17, 15) is 54.9 Å². The lowest BCUT2D eigenvalue weighted by atomic mass is 9.88. The van der Waals surface area contributed by atoms with Crippen molar-refractivity contribution >= 4 is 33.8 Å². The molecular formula is C44H41NO18. The standard InChI is InChI=1S/C44H41NO18/c1-19(47)45-39-29(52)17-44(43(55)56,63-42(39)40(54)30(53)18-46)62-35-16-28(51)38-27(50)15-32(20-5-8-22(57-2)9-6-20)61-41(38)36(35)24-11-21(7-10-31(24)59-4)33-14-26(49)37-25(48)12-23(58-3)13-34(37)60-33/h5-16,29-30,39-40,42,46,48,51-54H,17-18H2,1-4H3,(H,45,47)(H,55,56)/t29-,30-,39+,40-,42+,44+/m0/s1. The topological polar surface area (TPSA) is 294 Å². The lowest BCUT2D eigenvalue weighted by molar-refractivity contribution is -0.284. The van der Waals surface area contributed by atoms with Gasteiger partial charge in [-0.3, -0.25) is 14.4 Å². The molecule has 4 aromatic carbocycles. The average molecular weight is 872 g/mol. The third-order valence-corrected chi connectivity index (χ3v) is 10.6. The van der Waals surface area contributed by atoms with Crippen molar-refractivity contribution in [2.75, 3.05) is 27.9 Å². The predicted molar refractivity (Wildman–Crippen MR) is 221 cm³/mol. The number of methoxy groups -OCH3 is 3. The SMILES string of the molecule is COc1ccc(-c2cc(=O)c3c(O)cc(O[C@]4(C(=O)O)C[C@H](O)[C@@H](NC(C)=O)[C@H]([C@@H](O)[C@@H](O)CO)O4)c(-c4cc(-c5cc(=O)c6c(O)cc(OC)cc6o5)ccc4OC)c3o2)cc1. The molecule has 0 aliphatic carbocycles. The Kier molecular flexibility index (Phi) is 12.1. The number of carboxylic acids is 1. The first-order chi connectivity index (χ1) is 30.0. The van der Waals surface area contributed by atoms with Crippen LogP contribution in [0, 0.1) is 0 Å². The number of fused-ring (bicyclic) bond motifs is 2. The number of aromatic hydroxyl groups is 2. The van der Waals surface area contributed by atoms with Crippen LogP contribution in [0.15, 0.2) is 91.2 Å². The minimum atomic E-state index is -3.00. The third-order valence-electron chi connectivity index (χ3n) is 10.6. The summed E-state index contributed by atoms with van der Waals surface area (Å²) in [4.78, 5) is 53.0. The van der Waals surface area contributed by atoms with Crippen LogP contribution in [-0.4, -0.2) is 112 Å². The van der Waals surface area contributed by atoms with Crippen LogP contribution in [0.2, 0.25) is 0 Å². The van der Waals surface area contributed by atoms with Gasteiger partial charge in [-0.25, -0.2) is 4.79 Å². The highest BCUT2D eigenvalue weighted by molar-refractivity contribution is 6.02. The fraction of sp³-hybridized carbons (Fsp3) is 0.273. The number of amides is 1. The van der Waals surface area contributed by atoms with Crippen molar-refractivity contribution in [2.45, 2.75) is 49.6 Å². The Hall–Kier alpha value is -7.16. The summed E-state index contributed by atoms with van der Waals surface area (Å²) in [7, 11) is 4.11. The van der Waals surface area contributed by atoms with Crippen molar-refractivity contribution in [2.24, 2.45) is 0 Å². The molecule has 0 bridgehead atoms. The van der Waals surface area contributed by atoms with Crippen LogP contribution in [0.5, 0.6) is 34.5 Å². The molecule has 1 aliphatic rings. The molecule has 0 radical (unpaired) electrons. The van der Waals surface area contributed by atoms with Gasteiger partial charge in [0.2, 0.25) is 5.91 Å². The number of carboxylic acid groups (broad SMARTS) is 1. The molecule has 6 aromatic rings. The zero-order valence-corrected chi connectivity index (χ0v) is 33.9. The maximum Gasteiger partial charge on any atom is 0.377 e. The number of aliphatic hydroxyl groups is 4. The van der Waals surface area contributed by atoms with Gasteiger partial charge >= 0.3 is 11.8 Å². The van der Waals surface area contributed by atoms with Crippen molar-refractivity contribution in [3.63, 3.8) is 0 Å². The van der Waals surface area contributed by atoms with E-state index < -0.39 is 94.6 Å². The highest BCUT2D eigenvalue weighted by atomic mass is 16.7. The number of nitrogens with one attached hydrogen (secondary N) is 1. The number of phenols is 2. The molecule has 1 fully saturated rings. The number of hydrogen-bond donors (Lipinski definition) is 8. The van der Waals surface area contributed by atoms with Gasteiger partial charge in [0.25, 0.3) is 0 Å². The van der Waals surface area contributed by atoms with Crippen LogP contribution < -0.4 is 35.1 Å². The second-order valence-corrected chi connectivity index (χ2v) is 14.6. The summed E-state index contributed by atoms with van der Waals surface area (Å²) >= 11 is 0. The molecule has 1 saturated heterocycles. The quantitative estimate of drug-likeness (QED) is 0.0828. The first-order valence-electron chi connectivity index (χ1n) is 19.1. The fourth-order valence-electron chi connectivity index (χ4n) is 7.50. The van der Waals surface area contributed by atoms with Crippen LogP contribution in [-0.2, 0) is 14.3 Å². The predicted octanol–water partition coefficient (Wildman–Crippen LogP) is 2.87. The second kappa shape index (κ2) is 17.3. The first kappa shape index (κ1) is 43.9. The minimum Gasteiger partial charge on any atom is -0.507 e. The molecule has 63 heavy (non-hydrogen) atoms. The summed E-state index contributed by atoms with van der Waals surface area (Å²) in [5, 5.41) is 77.3. The van der Waals surface area contributed by atoms with Crippen molar-refractivity contribution in [3.8, 4) is 68.3 Å². The van der Waals surface area contributed by atoms with Crippen LogP contribution in [0.3, 0.4) is 0 Å². The summed E-state index contributed by atoms with van der Waals surface area (Å²) in [5.41, 5.74) is -1.51. The third kappa shape index (κ3) is 8.18. The number of rotatable bonds is 13. The smallest absolute Gasteiger partial charge is 0.377 e. The molecular weight excluding hydrogens is 830 g/mol. The number of benzene rings is 4. The van der Waals surface area contributed by atoms with Gasteiger partial charge < -0.3 is 73.6 Å². The summed E-state index contributed by atoms with van der Waals surface area (Å²) in [5.74, 6) is -6.72. The van der Waals surface area contributed by atoms with E-state index >= 15 is 0 Å². The zero-order chi connectivity index (χ0) is 45.5. The largest absolute Gasteiger partial charge is 0.507 e. The summed E-state index contributed by atoms with van der Waals surface area (Å²) in [6.07, 6.45) is -8.82. The van der Waals surface area contributed by atoms with E-state index in [4.69, 9.17) is 32.5 Å². The van der Waals surface area contributed by atoms with Gasteiger partial charge in [-0.1, -0.05) is 0 Å². The van der Waals surface area contributed by atoms with E-state index in [0.29, 0.717) is 11.3 Å². The number of hydrogen-bond acceptors (Lipinski definition) is 17. The second-order valence-electron chi connectivity index (χ2n) is 14.6. The maximum atomic E-state index is 14.0. The van der Waals surface area contributed by atoms with E-state index in [1.165, 1.54) is 51.7 Å². The Morgan fingerprint density at radius 3 is 2.06 bits per heavy atom. The fourth-order valence-corrected chi connectivity index (χ4v) is 7.50. The lowest BCUT2D eigenvalue weighted by Gasteiger charge is -2.46. The van der Waals surface area contributed by atoms with Crippen LogP contribution in [0.25, 0.3) is 55.7 Å². The Balaban J connectivity index is 1.52. The molecule has 6 atom stereocenters. The van der Waals surface area contributed by atoms with E-state index in [-0.39, 0.29) is 56.3 Å². The van der Waals surface area contributed by atoms with Crippen LogP contribution in [0.1, 0.15) is 13.3 Å². The molecule has 0 unspecified atom stereocenters. The highest BCUT2D eigenvalue weighted by Crippen LogP contribution is 2.48. The van der Waals surface area contributed by atoms with E-state index in [2.05, 4.69) is 5.32 Å². The molecule has 19 nitrogen and oxygen atoms in total. The van der Waals surface area contributed by atoms with E-state index in [1.54, 1.807) is 24.3 Å². The van der Waals surface area contributed by atoms with Crippen molar-refractivity contribution in [3.05, 3.63) is 93.2 Å². The number of aliphatic hydroxyl groups excluding tert-OH is 4. The van der Waals surface area contributed by atoms with Crippen molar-refractivity contribution in [1.29, 1.82) is 0 Å². The summed E-state index contributed by atoms with van der Waals surface area (Å²) in [6, 6.07) is 15.0. The molecule has 2 aromatic heterocycles. The van der Waals surface area contributed by atoms with Gasteiger partial charge in [0.05, 0.1) is 52.1 Å². The van der Waals surface area contributed by atoms with Gasteiger partial charge in [-0.05, 0) is 42.5 Å². The molecule has 0 saturated carbocycles. The molecule has 1 aliphatic heterocycles. The number of carbonyl (C=O) groups excluding carboxylic acids is 1. The first-order valence-corrected chi connectivity index (χ1v) is 19.1. The Morgan fingerprint density at radius 2 is 1.44 bits per heavy atom. The van der Waals surface area contributed by atoms with Crippen LogP contribution in [0.4, 0.5) is 0 Å². The van der Waals surface area contributed by atoms with Gasteiger partial charge in [0.1, 0.15) is 80.7 Å². The molecule has 19 heteroatoms. The van der Waals surface area contributed by atoms with Gasteiger partial charge in [-0.15, -0.1) is 0 Å². The summed E-state index contributed by atoms with van der Waals surface area (Å²) < 4.78 is 40.9.